The molecule has 2 unspecified atom stereocenters. The van der Waals surface area contributed by atoms with Crippen molar-refractivity contribution in [2.24, 2.45) is 5.92 Å². The number of benzene rings is 1. The third-order valence-corrected chi connectivity index (χ3v) is 5.82. The summed E-state index contributed by atoms with van der Waals surface area (Å²) in [6.07, 6.45) is 1.27. The Labute approximate surface area is 127 Å². The van der Waals surface area contributed by atoms with Gasteiger partial charge in [-0.3, -0.25) is 0 Å². The first-order valence-corrected chi connectivity index (χ1v) is 8.91. The molecule has 1 fully saturated rings. The molecule has 118 valence electrons. The maximum absolute atomic E-state index is 12.6. The first-order valence-electron chi connectivity index (χ1n) is 7.47. The van der Waals surface area contributed by atoms with Gasteiger partial charge in [-0.15, -0.1) is 0 Å². The molecule has 2 rings (SSSR count). The maximum Gasteiger partial charge on any atom is 0.243 e. The zero-order chi connectivity index (χ0) is 15.5. The number of nitrogens with zero attached hydrogens (tertiary/aromatic N) is 1. The smallest absolute Gasteiger partial charge is 0.243 e. The maximum atomic E-state index is 12.6. The fourth-order valence-electron chi connectivity index (χ4n) is 2.53. The highest BCUT2D eigenvalue weighted by Crippen LogP contribution is 2.26. The molecule has 1 aromatic carbocycles. The lowest BCUT2D eigenvalue weighted by Gasteiger charge is -2.18. The lowest BCUT2D eigenvalue weighted by Crippen LogP contribution is -2.30. The van der Waals surface area contributed by atoms with Crippen LogP contribution in [0.3, 0.4) is 0 Å². The molecule has 2 atom stereocenters. The van der Waals surface area contributed by atoms with Crippen molar-refractivity contribution in [1.29, 1.82) is 0 Å². The van der Waals surface area contributed by atoms with Crippen LogP contribution in [0.2, 0.25) is 0 Å². The molecular formula is C15H24N2O3S. The molecule has 6 heteroatoms. The van der Waals surface area contributed by atoms with Crippen molar-refractivity contribution in [3.05, 3.63) is 24.3 Å². The van der Waals surface area contributed by atoms with Gasteiger partial charge in [-0.1, -0.05) is 6.92 Å². The van der Waals surface area contributed by atoms with E-state index in [0.29, 0.717) is 24.4 Å². The van der Waals surface area contributed by atoms with Crippen LogP contribution in [-0.2, 0) is 10.0 Å². The first-order chi connectivity index (χ1) is 9.95. The molecule has 1 aromatic rings. The van der Waals surface area contributed by atoms with E-state index in [4.69, 9.17) is 0 Å². The summed E-state index contributed by atoms with van der Waals surface area (Å²) < 4.78 is 26.6. The second-order valence-corrected chi connectivity index (χ2v) is 7.54. The van der Waals surface area contributed by atoms with E-state index >= 15 is 0 Å². The van der Waals surface area contributed by atoms with E-state index in [2.05, 4.69) is 12.2 Å². The van der Waals surface area contributed by atoms with E-state index in [-0.39, 0.29) is 5.92 Å². The van der Waals surface area contributed by atoms with Gasteiger partial charge in [-0.25, -0.2) is 8.42 Å². The summed E-state index contributed by atoms with van der Waals surface area (Å²) in [4.78, 5) is 0.316. The van der Waals surface area contributed by atoms with Crippen LogP contribution >= 0.6 is 0 Å². The highest BCUT2D eigenvalue weighted by atomic mass is 32.2. The van der Waals surface area contributed by atoms with Gasteiger partial charge in [0.25, 0.3) is 0 Å². The summed E-state index contributed by atoms with van der Waals surface area (Å²) in [6.45, 7) is 5.55. The average molecular weight is 312 g/mol. The number of aliphatic hydroxyl groups is 1. The minimum absolute atomic E-state index is 0.0327. The second-order valence-electron chi connectivity index (χ2n) is 5.60. The quantitative estimate of drug-likeness (QED) is 0.842. The van der Waals surface area contributed by atoms with Crippen molar-refractivity contribution >= 4 is 15.7 Å². The number of sulfonamides is 1. The first kappa shape index (κ1) is 16.3. The van der Waals surface area contributed by atoms with Crippen molar-refractivity contribution in [1.82, 2.24) is 4.31 Å². The number of nitrogens with one attached hydrogen (secondary N) is 1. The van der Waals surface area contributed by atoms with Gasteiger partial charge in [0.1, 0.15) is 0 Å². The van der Waals surface area contributed by atoms with Crippen LogP contribution in [0, 0.1) is 5.92 Å². The molecule has 0 amide bonds. The Balaban J connectivity index is 2.09. The molecule has 0 saturated carbocycles. The lowest BCUT2D eigenvalue weighted by molar-refractivity contribution is 0.133. The molecule has 1 aliphatic heterocycles. The lowest BCUT2D eigenvalue weighted by atomic mass is 10.0. The molecule has 21 heavy (non-hydrogen) atoms. The van der Waals surface area contributed by atoms with Crippen molar-refractivity contribution in [3.63, 3.8) is 0 Å². The van der Waals surface area contributed by atoms with Crippen molar-refractivity contribution < 1.29 is 13.5 Å². The number of rotatable bonds is 6. The molecule has 1 saturated heterocycles. The Morgan fingerprint density at radius 3 is 2.57 bits per heavy atom. The van der Waals surface area contributed by atoms with E-state index < -0.39 is 16.1 Å². The zero-order valence-corrected chi connectivity index (χ0v) is 13.4. The van der Waals surface area contributed by atoms with E-state index in [1.807, 2.05) is 0 Å². The fourth-order valence-corrected chi connectivity index (χ4v) is 4.04. The summed E-state index contributed by atoms with van der Waals surface area (Å²) in [7, 11) is -3.45. The predicted octanol–water partition coefficient (Wildman–Crippen LogP) is 1.90. The van der Waals surface area contributed by atoms with Crippen LogP contribution in [0.1, 0.15) is 26.7 Å². The number of hydrogen-bond acceptors (Lipinski definition) is 4. The molecule has 2 N–H and O–H groups in total. The SMILES string of the molecule is CCCNc1ccc(S(=O)(=O)N2CCC(C(C)O)C2)cc1. The molecule has 1 heterocycles. The van der Waals surface area contributed by atoms with E-state index in [1.165, 1.54) is 4.31 Å². The number of anilines is 1. The van der Waals surface area contributed by atoms with Gasteiger partial charge in [0.15, 0.2) is 0 Å². The van der Waals surface area contributed by atoms with E-state index in [1.54, 1.807) is 31.2 Å². The summed E-state index contributed by atoms with van der Waals surface area (Å²) in [5.74, 6) is 0.0327. The topological polar surface area (TPSA) is 69.6 Å². The van der Waals surface area contributed by atoms with Crippen molar-refractivity contribution in [2.45, 2.75) is 37.7 Å². The minimum Gasteiger partial charge on any atom is -0.393 e. The van der Waals surface area contributed by atoms with Crippen LogP contribution < -0.4 is 5.32 Å². The van der Waals surface area contributed by atoms with Crippen LogP contribution in [0.4, 0.5) is 5.69 Å². The molecule has 0 radical (unpaired) electrons. The second kappa shape index (κ2) is 6.77. The monoisotopic (exact) mass is 312 g/mol. The Hall–Kier alpha value is -1.11. The standard InChI is InChI=1S/C15H24N2O3S/c1-3-9-16-14-4-6-15(7-5-14)21(19,20)17-10-8-13(11-17)12(2)18/h4-7,12-13,16,18H,3,8-11H2,1-2H3. The van der Waals surface area contributed by atoms with Gasteiger partial charge in [-0.2, -0.15) is 4.31 Å². The third kappa shape index (κ3) is 3.75. The average Bonchev–Trinajstić information content (AvgIpc) is 2.96. The molecule has 0 bridgehead atoms. The Kier molecular flexibility index (Phi) is 5.24. The molecular weight excluding hydrogens is 288 g/mol. The normalized spacial score (nSPS) is 21.4. The van der Waals surface area contributed by atoms with Crippen LogP contribution in [0.5, 0.6) is 0 Å². The van der Waals surface area contributed by atoms with Gasteiger partial charge < -0.3 is 10.4 Å². The summed E-state index contributed by atoms with van der Waals surface area (Å²) in [6, 6.07) is 6.88. The third-order valence-electron chi connectivity index (χ3n) is 3.94. The van der Waals surface area contributed by atoms with Gasteiger partial charge >= 0.3 is 0 Å². The highest BCUT2D eigenvalue weighted by molar-refractivity contribution is 7.89. The molecule has 1 aliphatic rings. The van der Waals surface area contributed by atoms with Crippen molar-refractivity contribution in [2.75, 3.05) is 25.0 Å². The fraction of sp³-hybridized carbons (Fsp3) is 0.600. The predicted molar refractivity (Wildman–Crippen MR) is 83.8 cm³/mol. The summed E-state index contributed by atoms with van der Waals surface area (Å²) >= 11 is 0. The van der Waals surface area contributed by atoms with Gasteiger partial charge in [-0.05, 0) is 49.9 Å². The van der Waals surface area contributed by atoms with E-state index in [0.717, 1.165) is 18.7 Å². The number of aliphatic hydroxyl groups excluding tert-OH is 1. The molecule has 0 aliphatic carbocycles. The summed E-state index contributed by atoms with van der Waals surface area (Å²) in [5.41, 5.74) is 0.930. The largest absolute Gasteiger partial charge is 0.393 e. The van der Waals surface area contributed by atoms with Gasteiger partial charge in [0, 0.05) is 25.3 Å². The summed E-state index contributed by atoms with van der Waals surface area (Å²) in [5, 5.41) is 12.8. The highest BCUT2D eigenvalue weighted by Gasteiger charge is 2.34. The minimum atomic E-state index is -3.45. The van der Waals surface area contributed by atoms with Crippen LogP contribution in [0.15, 0.2) is 29.2 Å². The Morgan fingerprint density at radius 1 is 1.38 bits per heavy atom. The van der Waals surface area contributed by atoms with Gasteiger partial charge in [0.2, 0.25) is 10.0 Å². The molecule has 0 aromatic heterocycles. The zero-order valence-electron chi connectivity index (χ0n) is 12.6. The molecule has 5 nitrogen and oxygen atoms in total. The Morgan fingerprint density at radius 2 is 2.05 bits per heavy atom. The number of hydrogen-bond donors (Lipinski definition) is 2. The van der Waals surface area contributed by atoms with E-state index in [9.17, 15) is 13.5 Å². The molecule has 0 spiro atoms. The van der Waals surface area contributed by atoms with Crippen molar-refractivity contribution in [3.8, 4) is 0 Å². The van der Waals surface area contributed by atoms with Crippen LogP contribution in [-0.4, -0.2) is 43.6 Å². The van der Waals surface area contributed by atoms with Gasteiger partial charge in [0.05, 0.1) is 11.0 Å². The Bertz CT molecular complexity index is 555. The van der Waals surface area contributed by atoms with Crippen LogP contribution in [0.25, 0.3) is 0 Å².